The molecule has 0 fully saturated rings. The van der Waals surface area contributed by atoms with Gasteiger partial charge in [-0.15, -0.1) is 0 Å². The molecule has 0 saturated carbocycles. The van der Waals surface area contributed by atoms with E-state index in [-0.39, 0.29) is 0 Å². The minimum atomic E-state index is 0.396. The normalized spacial score (nSPS) is 12.7. The molecule has 4 nitrogen and oxygen atoms in total. The Hall–Kier alpha value is -3.27. The summed E-state index contributed by atoms with van der Waals surface area (Å²) in [6.45, 7) is 19.0. The Balaban J connectivity index is 2.06. The summed E-state index contributed by atoms with van der Waals surface area (Å²) < 4.78 is 0. The number of nitrogens with two attached hydrogens (primary N) is 1. The summed E-state index contributed by atoms with van der Waals surface area (Å²) in [4.78, 5) is 14.9. The number of aromatic nitrogens is 1. The Labute approximate surface area is 205 Å². The molecule has 2 aromatic carbocycles. The van der Waals surface area contributed by atoms with Gasteiger partial charge in [-0.05, 0) is 86.4 Å². The van der Waals surface area contributed by atoms with Crippen molar-refractivity contribution in [1.29, 1.82) is 0 Å². The lowest BCUT2D eigenvalue weighted by molar-refractivity contribution is 0.834. The minimum Gasteiger partial charge on any atom is -0.398 e. The monoisotopic (exact) mass is 454 g/mol. The van der Waals surface area contributed by atoms with Crippen LogP contribution < -0.4 is 5.73 Å². The van der Waals surface area contributed by atoms with E-state index in [1.54, 1.807) is 0 Å². The van der Waals surface area contributed by atoms with Crippen molar-refractivity contribution < 1.29 is 0 Å². The highest BCUT2D eigenvalue weighted by molar-refractivity contribution is 6.02. The first-order valence-corrected chi connectivity index (χ1v) is 12.1. The Morgan fingerprint density at radius 1 is 0.735 bits per heavy atom. The summed E-state index contributed by atoms with van der Waals surface area (Å²) in [7, 11) is 0. The van der Waals surface area contributed by atoms with Crippen LogP contribution in [0.25, 0.3) is 0 Å². The molecule has 3 aromatic rings. The summed E-state index contributed by atoms with van der Waals surface area (Å²) in [5, 5.41) is 0. The number of pyridine rings is 1. The van der Waals surface area contributed by atoms with Crippen molar-refractivity contribution in [1.82, 2.24) is 4.98 Å². The highest BCUT2D eigenvalue weighted by atomic mass is 14.8. The number of para-hydroxylation sites is 1. The fraction of sp³-hybridized carbons (Fsp3) is 0.367. The molecule has 0 aliphatic heterocycles. The predicted octanol–water partition coefficient (Wildman–Crippen LogP) is 8.12. The lowest BCUT2D eigenvalue weighted by Gasteiger charge is -2.17. The van der Waals surface area contributed by atoms with Crippen LogP contribution in [0.2, 0.25) is 0 Å². The molecule has 0 aliphatic rings. The van der Waals surface area contributed by atoms with Crippen LogP contribution in [-0.2, 0) is 0 Å². The fourth-order valence-electron chi connectivity index (χ4n) is 4.29. The Morgan fingerprint density at radius 2 is 1.21 bits per heavy atom. The van der Waals surface area contributed by atoms with Gasteiger partial charge in [-0.2, -0.15) is 0 Å². The Morgan fingerprint density at radius 3 is 1.71 bits per heavy atom. The summed E-state index contributed by atoms with van der Waals surface area (Å²) in [6, 6.07) is 14.6. The van der Waals surface area contributed by atoms with E-state index >= 15 is 0 Å². The number of aliphatic imine (C=N–C) groups is 2. The zero-order valence-corrected chi connectivity index (χ0v) is 22.1. The molecule has 2 N–H and O–H groups in total. The highest BCUT2D eigenvalue weighted by Crippen LogP contribution is 2.35. The second kappa shape index (κ2) is 10.3. The number of rotatable bonds is 6. The second-order valence-corrected chi connectivity index (χ2v) is 9.79. The van der Waals surface area contributed by atoms with E-state index in [2.05, 4.69) is 58.9 Å². The first-order valence-electron chi connectivity index (χ1n) is 12.1. The molecule has 0 saturated heterocycles. The first kappa shape index (κ1) is 25.4. The van der Waals surface area contributed by atoms with E-state index in [9.17, 15) is 0 Å². The molecule has 0 spiro atoms. The number of aryl methyl sites for hydroxylation is 2. The van der Waals surface area contributed by atoms with Gasteiger partial charge < -0.3 is 5.73 Å². The van der Waals surface area contributed by atoms with Crippen molar-refractivity contribution >= 4 is 28.5 Å². The molecule has 0 unspecified atom stereocenters. The predicted molar refractivity (Wildman–Crippen MR) is 148 cm³/mol. The number of nitrogens with zero attached hydrogens (tertiary/aromatic N) is 3. The van der Waals surface area contributed by atoms with Gasteiger partial charge >= 0.3 is 0 Å². The number of nitrogen functional groups attached to an aromatic ring is 1. The third-order valence-corrected chi connectivity index (χ3v) is 6.38. The molecule has 178 valence electrons. The molecule has 0 radical (unpaired) electrons. The number of hydrogen-bond acceptors (Lipinski definition) is 4. The van der Waals surface area contributed by atoms with Crippen LogP contribution >= 0.6 is 0 Å². The third-order valence-electron chi connectivity index (χ3n) is 6.38. The van der Waals surface area contributed by atoms with E-state index in [4.69, 9.17) is 20.7 Å². The minimum absolute atomic E-state index is 0.396. The van der Waals surface area contributed by atoms with Crippen LogP contribution in [-0.4, -0.2) is 16.4 Å². The van der Waals surface area contributed by atoms with E-state index in [0.29, 0.717) is 11.8 Å². The van der Waals surface area contributed by atoms with Gasteiger partial charge in [0.05, 0.1) is 34.2 Å². The van der Waals surface area contributed by atoms with Crippen LogP contribution in [0.15, 0.2) is 52.4 Å². The van der Waals surface area contributed by atoms with Crippen LogP contribution in [0, 0.1) is 20.8 Å². The Bertz CT molecular complexity index is 1240. The standard InChI is InChI=1S/C30H38N4/c1-17(2)24-12-10-13-25(18(3)4)30(24)33-23(9)27-15-11-14-26(34-27)22(8)32-29-20(6)16-19(5)28(31)21(29)7/h10-18H,31H2,1-9H3. The SMILES string of the molecule is CC(=Nc1c(C(C)C)cccc1C(C)C)c1cccc(C(C)=Nc2c(C)cc(C)c(N)c2C)n1. The lowest BCUT2D eigenvalue weighted by Crippen LogP contribution is -2.06. The zero-order chi connectivity index (χ0) is 25.2. The molecule has 0 aliphatic carbocycles. The number of benzene rings is 2. The zero-order valence-electron chi connectivity index (χ0n) is 22.1. The van der Waals surface area contributed by atoms with Crippen molar-refractivity contribution in [2.75, 3.05) is 5.73 Å². The van der Waals surface area contributed by atoms with Crippen LogP contribution in [0.1, 0.15) is 92.6 Å². The van der Waals surface area contributed by atoms with Crippen LogP contribution in [0.5, 0.6) is 0 Å². The maximum atomic E-state index is 6.27. The molecule has 0 amide bonds. The summed E-state index contributed by atoms with van der Waals surface area (Å²) in [5.74, 6) is 0.791. The van der Waals surface area contributed by atoms with Gasteiger partial charge in [0.2, 0.25) is 0 Å². The maximum absolute atomic E-state index is 6.27. The van der Waals surface area contributed by atoms with Crippen molar-refractivity contribution in [3.05, 3.63) is 81.7 Å². The molecular weight excluding hydrogens is 416 g/mol. The van der Waals surface area contributed by atoms with E-state index in [1.165, 1.54) is 11.1 Å². The molecule has 0 bridgehead atoms. The summed E-state index contributed by atoms with van der Waals surface area (Å²) in [5.41, 5.74) is 18.3. The van der Waals surface area contributed by atoms with Crippen molar-refractivity contribution in [2.24, 2.45) is 9.98 Å². The molecule has 1 heterocycles. The van der Waals surface area contributed by atoms with Gasteiger partial charge in [0, 0.05) is 5.69 Å². The largest absolute Gasteiger partial charge is 0.398 e. The molecule has 3 rings (SSSR count). The topological polar surface area (TPSA) is 63.6 Å². The molecule has 1 aromatic heterocycles. The summed E-state index contributed by atoms with van der Waals surface area (Å²) >= 11 is 0. The van der Waals surface area contributed by atoms with E-state index in [0.717, 1.165) is 56.6 Å². The molecule has 4 heteroatoms. The molecule has 34 heavy (non-hydrogen) atoms. The molecular formula is C30H38N4. The van der Waals surface area contributed by atoms with Gasteiger partial charge in [0.25, 0.3) is 0 Å². The van der Waals surface area contributed by atoms with E-state index in [1.807, 2.05) is 45.9 Å². The number of hydrogen-bond donors (Lipinski definition) is 1. The second-order valence-electron chi connectivity index (χ2n) is 9.79. The first-order chi connectivity index (χ1) is 16.0. The average molecular weight is 455 g/mol. The van der Waals surface area contributed by atoms with Crippen molar-refractivity contribution in [3.8, 4) is 0 Å². The van der Waals surface area contributed by atoms with Gasteiger partial charge in [-0.3, -0.25) is 9.98 Å². The van der Waals surface area contributed by atoms with Gasteiger partial charge in [-0.25, -0.2) is 4.98 Å². The summed E-state index contributed by atoms with van der Waals surface area (Å²) in [6.07, 6.45) is 0. The van der Waals surface area contributed by atoms with Crippen LogP contribution in [0.3, 0.4) is 0 Å². The van der Waals surface area contributed by atoms with Crippen molar-refractivity contribution in [3.63, 3.8) is 0 Å². The Kier molecular flexibility index (Phi) is 7.71. The van der Waals surface area contributed by atoms with Gasteiger partial charge in [0.15, 0.2) is 0 Å². The number of anilines is 1. The highest BCUT2D eigenvalue weighted by Gasteiger charge is 2.15. The quantitative estimate of drug-likeness (QED) is 0.302. The lowest BCUT2D eigenvalue weighted by atomic mass is 9.93. The maximum Gasteiger partial charge on any atom is 0.0849 e. The fourth-order valence-corrected chi connectivity index (χ4v) is 4.29. The smallest absolute Gasteiger partial charge is 0.0849 e. The average Bonchev–Trinajstić information content (AvgIpc) is 2.80. The van der Waals surface area contributed by atoms with Crippen molar-refractivity contribution in [2.45, 2.75) is 74.1 Å². The van der Waals surface area contributed by atoms with Crippen LogP contribution in [0.4, 0.5) is 17.1 Å². The third kappa shape index (κ3) is 5.27. The van der Waals surface area contributed by atoms with Gasteiger partial charge in [-0.1, -0.05) is 58.0 Å². The van der Waals surface area contributed by atoms with E-state index < -0.39 is 0 Å². The van der Waals surface area contributed by atoms with Gasteiger partial charge in [0.1, 0.15) is 0 Å². The molecule has 0 atom stereocenters.